The van der Waals surface area contributed by atoms with Crippen molar-refractivity contribution in [1.29, 1.82) is 0 Å². The molecule has 0 aliphatic heterocycles. The fraction of sp³-hybridized carbons (Fsp3) is 0.235. The van der Waals surface area contributed by atoms with Gasteiger partial charge in [-0.25, -0.2) is 4.39 Å². The summed E-state index contributed by atoms with van der Waals surface area (Å²) in [5.41, 5.74) is 1.79. The molecule has 116 valence electrons. The number of aryl methyl sites for hydroxylation is 1. The number of benzene rings is 2. The normalized spacial score (nSPS) is 12.0. The van der Waals surface area contributed by atoms with E-state index in [2.05, 4.69) is 5.32 Å². The van der Waals surface area contributed by atoms with Crippen molar-refractivity contribution in [2.75, 3.05) is 6.61 Å². The number of carbonyl (C=O) groups is 1. The molecule has 0 saturated heterocycles. The van der Waals surface area contributed by atoms with Gasteiger partial charge in [0.25, 0.3) is 5.91 Å². The van der Waals surface area contributed by atoms with Gasteiger partial charge in [-0.3, -0.25) is 4.79 Å². The molecule has 0 unspecified atom stereocenters. The summed E-state index contributed by atoms with van der Waals surface area (Å²) in [5.74, 6) is -0.742. The minimum atomic E-state index is -0.486. The van der Waals surface area contributed by atoms with Gasteiger partial charge in [0, 0.05) is 5.56 Å². The van der Waals surface area contributed by atoms with Crippen molar-refractivity contribution >= 4 is 5.91 Å². The molecule has 1 atom stereocenters. The average Bonchev–Trinajstić information content (AvgIpc) is 2.51. The summed E-state index contributed by atoms with van der Waals surface area (Å²) in [6.45, 7) is 1.49. The zero-order valence-electron chi connectivity index (χ0n) is 12.2. The van der Waals surface area contributed by atoms with Crippen LogP contribution in [-0.2, 0) is 6.42 Å². The Kier molecular flexibility index (Phi) is 5.12. The SMILES string of the molecule is Cc1ccc(F)cc1C(=O)N[C@H](CO)Cc1ccc(O)cc1. The predicted molar refractivity (Wildman–Crippen MR) is 81.3 cm³/mol. The number of hydrogen-bond acceptors (Lipinski definition) is 3. The Hall–Kier alpha value is -2.40. The molecular formula is C17H18FNO3. The van der Waals surface area contributed by atoms with E-state index in [4.69, 9.17) is 0 Å². The van der Waals surface area contributed by atoms with Crippen molar-refractivity contribution in [3.05, 3.63) is 65.0 Å². The standard InChI is InChI=1S/C17H18FNO3/c1-11-2-5-13(18)9-16(11)17(22)19-14(10-20)8-12-3-6-15(21)7-4-12/h2-7,9,14,20-21H,8,10H2,1H3,(H,19,22)/t14-/m0/s1. The molecule has 5 heteroatoms. The number of aliphatic hydroxyl groups excluding tert-OH is 1. The van der Waals surface area contributed by atoms with Gasteiger partial charge < -0.3 is 15.5 Å². The van der Waals surface area contributed by atoms with Crippen LogP contribution in [0, 0.1) is 12.7 Å². The Morgan fingerprint density at radius 2 is 1.91 bits per heavy atom. The maximum absolute atomic E-state index is 13.3. The molecule has 0 spiro atoms. The first-order valence-electron chi connectivity index (χ1n) is 6.95. The third kappa shape index (κ3) is 4.05. The number of rotatable bonds is 5. The second-order valence-corrected chi connectivity index (χ2v) is 5.18. The molecule has 0 aliphatic rings. The number of nitrogens with one attached hydrogen (secondary N) is 1. The third-order valence-corrected chi connectivity index (χ3v) is 3.42. The van der Waals surface area contributed by atoms with Crippen LogP contribution in [0.25, 0.3) is 0 Å². The monoisotopic (exact) mass is 303 g/mol. The van der Waals surface area contributed by atoms with E-state index in [0.29, 0.717) is 12.0 Å². The van der Waals surface area contributed by atoms with Crippen molar-refractivity contribution in [3.8, 4) is 5.75 Å². The van der Waals surface area contributed by atoms with Crippen LogP contribution in [0.1, 0.15) is 21.5 Å². The third-order valence-electron chi connectivity index (χ3n) is 3.42. The highest BCUT2D eigenvalue weighted by molar-refractivity contribution is 5.95. The lowest BCUT2D eigenvalue weighted by molar-refractivity contribution is 0.0915. The zero-order chi connectivity index (χ0) is 16.1. The molecule has 0 saturated carbocycles. The largest absolute Gasteiger partial charge is 0.508 e. The molecule has 0 heterocycles. The Morgan fingerprint density at radius 1 is 1.23 bits per heavy atom. The number of amides is 1. The fourth-order valence-electron chi connectivity index (χ4n) is 2.18. The molecule has 1 amide bonds. The molecule has 0 bridgehead atoms. The van der Waals surface area contributed by atoms with E-state index >= 15 is 0 Å². The molecule has 0 aliphatic carbocycles. The minimum Gasteiger partial charge on any atom is -0.508 e. The summed E-state index contributed by atoms with van der Waals surface area (Å²) in [5, 5.41) is 21.4. The fourth-order valence-corrected chi connectivity index (χ4v) is 2.18. The molecule has 0 radical (unpaired) electrons. The lowest BCUT2D eigenvalue weighted by atomic mass is 10.0. The van der Waals surface area contributed by atoms with Crippen molar-refractivity contribution in [2.24, 2.45) is 0 Å². The molecule has 3 N–H and O–H groups in total. The summed E-state index contributed by atoms with van der Waals surface area (Å²) in [7, 11) is 0. The Bertz CT molecular complexity index is 655. The van der Waals surface area contributed by atoms with Gasteiger partial charge in [-0.1, -0.05) is 18.2 Å². The summed E-state index contributed by atoms with van der Waals surface area (Å²) in [6.07, 6.45) is 0.414. The molecule has 22 heavy (non-hydrogen) atoms. The lowest BCUT2D eigenvalue weighted by Gasteiger charge is -2.17. The first-order chi connectivity index (χ1) is 10.5. The Morgan fingerprint density at radius 3 is 2.55 bits per heavy atom. The number of phenols is 1. The molecular weight excluding hydrogens is 285 g/mol. The number of aromatic hydroxyl groups is 1. The average molecular weight is 303 g/mol. The quantitative estimate of drug-likeness (QED) is 0.793. The van der Waals surface area contributed by atoms with Gasteiger partial charge >= 0.3 is 0 Å². The summed E-state index contributed by atoms with van der Waals surface area (Å²) >= 11 is 0. The summed E-state index contributed by atoms with van der Waals surface area (Å²) < 4.78 is 13.3. The first kappa shape index (κ1) is 16.0. The topological polar surface area (TPSA) is 69.6 Å². The molecule has 0 aromatic heterocycles. The van der Waals surface area contributed by atoms with E-state index in [0.717, 1.165) is 5.56 Å². The number of carbonyl (C=O) groups excluding carboxylic acids is 1. The minimum absolute atomic E-state index is 0.156. The molecule has 2 aromatic carbocycles. The second-order valence-electron chi connectivity index (χ2n) is 5.18. The van der Waals surface area contributed by atoms with Crippen molar-refractivity contribution < 1.29 is 19.4 Å². The zero-order valence-corrected chi connectivity index (χ0v) is 12.2. The van der Waals surface area contributed by atoms with Gasteiger partial charge in [-0.05, 0) is 48.7 Å². The highest BCUT2D eigenvalue weighted by Gasteiger charge is 2.16. The van der Waals surface area contributed by atoms with Crippen LogP contribution < -0.4 is 5.32 Å². The number of halogens is 1. The van der Waals surface area contributed by atoms with Gasteiger partial charge in [0.2, 0.25) is 0 Å². The molecule has 2 rings (SSSR count). The summed E-state index contributed by atoms with van der Waals surface area (Å²) in [4.78, 5) is 12.2. The van der Waals surface area contributed by atoms with Gasteiger partial charge in [0.05, 0.1) is 12.6 Å². The number of hydrogen-bond donors (Lipinski definition) is 3. The van der Waals surface area contributed by atoms with Crippen molar-refractivity contribution in [2.45, 2.75) is 19.4 Å². The second kappa shape index (κ2) is 7.04. The van der Waals surface area contributed by atoms with E-state index in [1.165, 1.54) is 18.2 Å². The van der Waals surface area contributed by atoms with E-state index < -0.39 is 17.8 Å². The van der Waals surface area contributed by atoms with Gasteiger partial charge in [-0.15, -0.1) is 0 Å². The van der Waals surface area contributed by atoms with Gasteiger partial charge in [0.15, 0.2) is 0 Å². The van der Waals surface area contributed by atoms with E-state index in [1.54, 1.807) is 31.2 Å². The smallest absolute Gasteiger partial charge is 0.251 e. The lowest BCUT2D eigenvalue weighted by Crippen LogP contribution is -2.39. The van der Waals surface area contributed by atoms with Crippen LogP contribution in [0.4, 0.5) is 4.39 Å². The van der Waals surface area contributed by atoms with Crippen LogP contribution in [0.5, 0.6) is 5.75 Å². The summed E-state index contributed by atoms with van der Waals surface area (Å²) in [6, 6.07) is 10.1. The van der Waals surface area contributed by atoms with E-state index in [1.807, 2.05) is 0 Å². The van der Waals surface area contributed by atoms with Gasteiger partial charge in [0.1, 0.15) is 11.6 Å². The van der Waals surface area contributed by atoms with Crippen LogP contribution in [-0.4, -0.2) is 28.8 Å². The molecule has 2 aromatic rings. The number of aliphatic hydroxyl groups is 1. The van der Waals surface area contributed by atoms with Crippen LogP contribution in [0.15, 0.2) is 42.5 Å². The molecule has 4 nitrogen and oxygen atoms in total. The van der Waals surface area contributed by atoms with Crippen molar-refractivity contribution in [1.82, 2.24) is 5.32 Å². The van der Waals surface area contributed by atoms with E-state index in [9.17, 15) is 19.4 Å². The maximum atomic E-state index is 13.3. The predicted octanol–water partition coefficient (Wildman–Crippen LogP) is 2.17. The van der Waals surface area contributed by atoms with Gasteiger partial charge in [-0.2, -0.15) is 0 Å². The van der Waals surface area contributed by atoms with Crippen molar-refractivity contribution in [3.63, 3.8) is 0 Å². The van der Waals surface area contributed by atoms with Crippen LogP contribution >= 0.6 is 0 Å². The first-order valence-corrected chi connectivity index (χ1v) is 6.95. The Balaban J connectivity index is 2.07. The van der Waals surface area contributed by atoms with Crippen LogP contribution in [0.2, 0.25) is 0 Å². The molecule has 0 fully saturated rings. The Labute approximate surface area is 128 Å². The van der Waals surface area contributed by atoms with Crippen LogP contribution in [0.3, 0.4) is 0 Å². The maximum Gasteiger partial charge on any atom is 0.251 e. The number of phenolic OH excluding ortho intramolecular Hbond substituents is 1. The highest BCUT2D eigenvalue weighted by atomic mass is 19.1. The highest BCUT2D eigenvalue weighted by Crippen LogP contribution is 2.13. The van der Waals surface area contributed by atoms with E-state index in [-0.39, 0.29) is 17.9 Å².